The van der Waals surface area contributed by atoms with Gasteiger partial charge in [0.05, 0.1) is 0 Å². The summed E-state index contributed by atoms with van der Waals surface area (Å²) in [4.78, 5) is 18.1. The first kappa shape index (κ1) is 12.0. The molecule has 1 atom stereocenters. The van der Waals surface area contributed by atoms with Crippen LogP contribution in [0.4, 0.5) is 0 Å². The SMILES string of the molecule is CCc1nc(C(=O)N2CCC(CNC)C2)n[nH]1. The lowest BCUT2D eigenvalue weighted by Crippen LogP contribution is -2.31. The molecule has 6 nitrogen and oxygen atoms in total. The number of aromatic nitrogens is 3. The van der Waals surface area contributed by atoms with Crippen LogP contribution in [-0.4, -0.2) is 52.7 Å². The maximum absolute atomic E-state index is 12.1. The highest BCUT2D eigenvalue weighted by Crippen LogP contribution is 2.16. The minimum Gasteiger partial charge on any atom is -0.336 e. The molecule has 1 unspecified atom stereocenters. The van der Waals surface area contributed by atoms with Gasteiger partial charge in [-0.05, 0) is 25.9 Å². The van der Waals surface area contributed by atoms with Crippen molar-refractivity contribution in [3.63, 3.8) is 0 Å². The first-order chi connectivity index (χ1) is 8.24. The molecule has 1 aliphatic heterocycles. The lowest BCUT2D eigenvalue weighted by Gasteiger charge is -2.14. The van der Waals surface area contributed by atoms with E-state index in [-0.39, 0.29) is 5.91 Å². The van der Waals surface area contributed by atoms with Crippen LogP contribution in [0.2, 0.25) is 0 Å². The summed E-state index contributed by atoms with van der Waals surface area (Å²) in [5.41, 5.74) is 0. The lowest BCUT2D eigenvalue weighted by molar-refractivity contribution is 0.0775. The predicted octanol–water partition coefficient (Wildman–Crippen LogP) is 0.0486. The number of rotatable bonds is 4. The van der Waals surface area contributed by atoms with Crippen LogP contribution >= 0.6 is 0 Å². The molecule has 0 aliphatic carbocycles. The Balaban J connectivity index is 1.96. The zero-order valence-electron chi connectivity index (χ0n) is 10.4. The Bertz CT molecular complexity index is 389. The van der Waals surface area contributed by atoms with Gasteiger partial charge in [-0.15, -0.1) is 5.10 Å². The van der Waals surface area contributed by atoms with E-state index in [2.05, 4.69) is 20.5 Å². The zero-order valence-corrected chi connectivity index (χ0v) is 10.4. The van der Waals surface area contributed by atoms with Crippen LogP contribution < -0.4 is 5.32 Å². The van der Waals surface area contributed by atoms with Crippen LogP contribution in [0.25, 0.3) is 0 Å². The van der Waals surface area contributed by atoms with Crippen molar-refractivity contribution in [3.8, 4) is 0 Å². The number of carbonyl (C=O) groups excluding carboxylic acids is 1. The van der Waals surface area contributed by atoms with Crippen LogP contribution in [0, 0.1) is 5.92 Å². The van der Waals surface area contributed by atoms with Crippen molar-refractivity contribution in [2.45, 2.75) is 19.8 Å². The van der Waals surface area contributed by atoms with Crippen molar-refractivity contribution < 1.29 is 4.79 Å². The Morgan fingerprint density at radius 2 is 2.47 bits per heavy atom. The molecule has 0 saturated carbocycles. The summed E-state index contributed by atoms with van der Waals surface area (Å²) in [6, 6.07) is 0. The van der Waals surface area contributed by atoms with E-state index in [0.29, 0.717) is 11.7 Å². The number of amides is 1. The van der Waals surface area contributed by atoms with Gasteiger partial charge >= 0.3 is 0 Å². The molecule has 1 aliphatic rings. The molecular formula is C11H19N5O. The third kappa shape index (κ3) is 2.63. The molecule has 0 radical (unpaired) electrons. The molecule has 17 heavy (non-hydrogen) atoms. The normalized spacial score (nSPS) is 19.9. The number of carbonyl (C=O) groups is 1. The number of aromatic amines is 1. The molecule has 2 heterocycles. The van der Waals surface area contributed by atoms with Crippen molar-refractivity contribution in [1.82, 2.24) is 25.4 Å². The Kier molecular flexibility index (Phi) is 3.73. The average Bonchev–Trinajstić information content (AvgIpc) is 2.97. The second-order valence-electron chi connectivity index (χ2n) is 4.42. The van der Waals surface area contributed by atoms with Crippen molar-refractivity contribution in [3.05, 3.63) is 11.6 Å². The van der Waals surface area contributed by atoms with E-state index >= 15 is 0 Å². The van der Waals surface area contributed by atoms with Gasteiger partial charge in [-0.25, -0.2) is 4.98 Å². The van der Waals surface area contributed by atoms with Crippen LogP contribution in [0.3, 0.4) is 0 Å². The predicted molar refractivity (Wildman–Crippen MR) is 63.7 cm³/mol. The van der Waals surface area contributed by atoms with E-state index in [4.69, 9.17) is 0 Å². The Labute approximate surface area is 101 Å². The van der Waals surface area contributed by atoms with E-state index in [9.17, 15) is 4.79 Å². The third-order valence-electron chi connectivity index (χ3n) is 3.12. The van der Waals surface area contributed by atoms with Crippen LogP contribution in [0.1, 0.15) is 29.8 Å². The molecule has 1 amide bonds. The van der Waals surface area contributed by atoms with Crippen molar-refractivity contribution in [2.75, 3.05) is 26.7 Å². The standard InChI is InChI=1S/C11H19N5O/c1-3-9-13-10(15-14-9)11(17)16-5-4-8(7-16)6-12-2/h8,12H,3-7H2,1-2H3,(H,13,14,15). The molecule has 0 spiro atoms. The number of H-pyrrole nitrogens is 1. The maximum Gasteiger partial charge on any atom is 0.293 e. The summed E-state index contributed by atoms with van der Waals surface area (Å²) in [5.74, 6) is 1.55. The van der Waals surface area contributed by atoms with E-state index in [1.165, 1.54) is 0 Å². The lowest BCUT2D eigenvalue weighted by atomic mass is 10.1. The fraction of sp³-hybridized carbons (Fsp3) is 0.727. The number of hydrogen-bond acceptors (Lipinski definition) is 4. The number of likely N-dealkylation sites (tertiary alicyclic amines) is 1. The van der Waals surface area contributed by atoms with E-state index < -0.39 is 0 Å². The van der Waals surface area contributed by atoms with Gasteiger partial charge in [-0.1, -0.05) is 6.92 Å². The minimum absolute atomic E-state index is 0.0560. The van der Waals surface area contributed by atoms with Crippen molar-refractivity contribution in [1.29, 1.82) is 0 Å². The first-order valence-corrected chi connectivity index (χ1v) is 6.09. The smallest absolute Gasteiger partial charge is 0.293 e. The summed E-state index contributed by atoms with van der Waals surface area (Å²) in [6.45, 7) is 4.54. The third-order valence-corrected chi connectivity index (χ3v) is 3.12. The van der Waals surface area contributed by atoms with E-state index in [1.54, 1.807) is 0 Å². The van der Waals surface area contributed by atoms with Gasteiger partial charge in [0.1, 0.15) is 5.82 Å². The number of aryl methyl sites for hydroxylation is 1. The largest absolute Gasteiger partial charge is 0.336 e. The molecule has 1 aromatic heterocycles. The van der Waals surface area contributed by atoms with Gasteiger partial charge in [0.25, 0.3) is 5.91 Å². The minimum atomic E-state index is -0.0560. The molecule has 1 aromatic rings. The summed E-state index contributed by atoms with van der Waals surface area (Å²) < 4.78 is 0. The molecule has 6 heteroatoms. The fourth-order valence-electron chi connectivity index (χ4n) is 2.16. The second kappa shape index (κ2) is 5.27. The monoisotopic (exact) mass is 237 g/mol. The highest BCUT2D eigenvalue weighted by Gasteiger charge is 2.28. The van der Waals surface area contributed by atoms with E-state index in [0.717, 1.165) is 38.3 Å². The van der Waals surface area contributed by atoms with Crippen LogP contribution in [-0.2, 0) is 6.42 Å². The van der Waals surface area contributed by atoms with Crippen molar-refractivity contribution >= 4 is 5.91 Å². The summed E-state index contributed by atoms with van der Waals surface area (Å²) >= 11 is 0. The molecule has 2 N–H and O–H groups in total. The Morgan fingerprint density at radius 1 is 1.65 bits per heavy atom. The van der Waals surface area contributed by atoms with Gasteiger partial charge < -0.3 is 10.2 Å². The number of hydrogen-bond donors (Lipinski definition) is 2. The molecule has 1 fully saturated rings. The molecule has 0 bridgehead atoms. The van der Waals surface area contributed by atoms with Gasteiger partial charge in [0.15, 0.2) is 0 Å². The quantitative estimate of drug-likeness (QED) is 0.776. The topological polar surface area (TPSA) is 73.9 Å². The Hall–Kier alpha value is -1.43. The summed E-state index contributed by atoms with van der Waals surface area (Å²) in [5, 5.41) is 9.88. The van der Waals surface area contributed by atoms with Crippen molar-refractivity contribution in [2.24, 2.45) is 5.92 Å². The molecule has 94 valence electrons. The molecule has 0 aromatic carbocycles. The molecule has 2 rings (SSSR count). The molecule has 1 saturated heterocycles. The second-order valence-corrected chi connectivity index (χ2v) is 4.42. The highest BCUT2D eigenvalue weighted by atomic mass is 16.2. The van der Waals surface area contributed by atoms with Gasteiger partial charge in [-0.2, -0.15) is 0 Å². The van der Waals surface area contributed by atoms with Gasteiger partial charge in [0.2, 0.25) is 5.82 Å². The first-order valence-electron chi connectivity index (χ1n) is 6.09. The summed E-state index contributed by atoms with van der Waals surface area (Å²) in [7, 11) is 1.94. The summed E-state index contributed by atoms with van der Waals surface area (Å²) in [6.07, 6.45) is 1.82. The Morgan fingerprint density at radius 3 is 3.12 bits per heavy atom. The average molecular weight is 237 g/mol. The fourth-order valence-corrected chi connectivity index (χ4v) is 2.16. The van der Waals surface area contributed by atoms with Gasteiger partial charge in [0, 0.05) is 19.5 Å². The van der Waals surface area contributed by atoms with Gasteiger partial charge in [-0.3, -0.25) is 9.89 Å². The van der Waals surface area contributed by atoms with Crippen LogP contribution in [0.15, 0.2) is 0 Å². The van der Waals surface area contributed by atoms with Crippen LogP contribution in [0.5, 0.6) is 0 Å². The van der Waals surface area contributed by atoms with E-state index in [1.807, 2.05) is 18.9 Å². The highest BCUT2D eigenvalue weighted by molar-refractivity contribution is 5.90. The number of nitrogens with zero attached hydrogens (tertiary/aromatic N) is 3. The molecular weight excluding hydrogens is 218 g/mol. The number of nitrogens with one attached hydrogen (secondary N) is 2. The zero-order chi connectivity index (χ0) is 12.3. The maximum atomic E-state index is 12.1.